The molecule has 0 aliphatic carbocycles. The van der Waals surface area contributed by atoms with Gasteiger partial charge in [0.05, 0.1) is 23.4 Å². The highest BCUT2D eigenvalue weighted by molar-refractivity contribution is 5.85. The number of ether oxygens (including phenoxy) is 2. The molecule has 1 aromatic carbocycles. The van der Waals surface area contributed by atoms with E-state index < -0.39 is 23.7 Å². The molecular weight excluding hydrogens is 296 g/mol. The second kappa shape index (κ2) is 5.28. The van der Waals surface area contributed by atoms with Crippen molar-refractivity contribution in [1.82, 2.24) is 4.90 Å². The van der Waals surface area contributed by atoms with Crippen molar-refractivity contribution < 1.29 is 19.4 Å². The zero-order valence-electron chi connectivity index (χ0n) is 13.2. The first-order valence-corrected chi connectivity index (χ1v) is 7.35. The van der Waals surface area contributed by atoms with Crippen LogP contribution in [0.4, 0.5) is 0 Å². The van der Waals surface area contributed by atoms with Gasteiger partial charge in [0, 0.05) is 18.7 Å². The second-order valence-electron chi connectivity index (χ2n) is 6.31. The van der Waals surface area contributed by atoms with Crippen LogP contribution in [0.1, 0.15) is 31.0 Å². The summed E-state index contributed by atoms with van der Waals surface area (Å²) in [6.45, 7) is 3.79. The van der Waals surface area contributed by atoms with Crippen molar-refractivity contribution >= 4 is 5.97 Å². The smallest absolute Gasteiger partial charge is 0.333 e. The summed E-state index contributed by atoms with van der Waals surface area (Å²) >= 11 is 0. The number of likely N-dealkylation sites (N-methyl/N-ethyl adjacent to an activating group) is 1. The monoisotopic (exact) mass is 314 g/mol. The Morgan fingerprint density at radius 3 is 2.78 bits per heavy atom. The molecule has 0 spiro atoms. The topological polar surface area (TPSA) is 82.8 Å². The number of benzene rings is 1. The molecule has 2 heterocycles. The first-order chi connectivity index (χ1) is 10.8. The summed E-state index contributed by atoms with van der Waals surface area (Å²) in [5, 5.41) is 19.9. The zero-order valence-corrected chi connectivity index (χ0v) is 13.2. The Hall–Kier alpha value is -2.52. The van der Waals surface area contributed by atoms with Gasteiger partial charge in [-0.25, -0.2) is 4.79 Å². The number of aliphatic hydroxyl groups is 1. The quantitative estimate of drug-likeness (QED) is 0.833. The maximum Gasteiger partial charge on any atom is 0.333 e. The van der Waals surface area contributed by atoms with Crippen molar-refractivity contribution in [2.24, 2.45) is 0 Å². The number of hydrogen-bond acceptors (Lipinski definition) is 6. The van der Waals surface area contributed by atoms with E-state index in [-0.39, 0.29) is 6.61 Å². The van der Waals surface area contributed by atoms with E-state index in [1.165, 1.54) is 6.08 Å². The third kappa shape index (κ3) is 2.53. The number of nitrogens with zero attached hydrogens (tertiary/aromatic N) is 2. The fraction of sp³-hybridized carbons (Fsp3) is 0.412. The Balaban J connectivity index is 2.09. The predicted octanol–water partition coefficient (Wildman–Crippen LogP) is 1.50. The van der Waals surface area contributed by atoms with Crippen molar-refractivity contribution in [2.75, 3.05) is 13.7 Å². The lowest BCUT2D eigenvalue weighted by atomic mass is 9.85. The van der Waals surface area contributed by atoms with E-state index in [9.17, 15) is 9.90 Å². The minimum Gasteiger partial charge on any atom is -0.485 e. The number of hydrogen-bond donors (Lipinski definition) is 1. The molecule has 2 aliphatic rings. The standard InChI is InChI=1S/C17H18N2O4/c1-17(2)16(21)15(19(3)11-7-14(20)22-9-11)12-6-10(8-18)4-5-13(12)23-17/h4-7,15-16,21H,9H2,1-3H3/t15-,16+/m0/s1. The van der Waals surface area contributed by atoms with Gasteiger partial charge in [-0.15, -0.1) is 0 Å². The molecule has 23 heavy (non-hydrogen) atoms. The van der Waals surface area contributed by atoms with Crippen molar-refractivity contribution in [3.63, 3.8) is 0 Å². The van der Waals surface area contributed by atoms with E-state index >= 15 is 0 Å². The Bertz CT molecular complexity index is 733. The lowest BCUT2D eigenvalue weighted by Gasteiger charge is -2.46. The Kier molecular flexibility index (Phi) is 3.53. The van der Waals surface area contributed by atoms with Crippen molar-refractivity contribution in [1.29, 1.82) is 5.26 Å². The van der Waals surface area contributed by atoms with Crippen molar-refractivity contribution in [3.05, 3.63) is 41.1 Å². The highest BCUT2D eigenvalue weighted by Crippen LogP contribution is 2.44. The number of fused-ring (bicyclic) bond motifs is 1. The normalized spacial score (nSPS) is 24.8. The van der Waals surface area contributed by atoms with E-state index in [4.69, 9.17) is 14.7 Å². The number of nitriles is 1. The van der Waals surface area contributed by atoms with Crippen molar-refractivity contribution in [2.45, 2.75) is 31.6 Å². The average molecular weight is 314 g/mol. The second-order valence-corrected chi connectivity index (χ2v) is 6.31. The molecule has 1 aromatic rings. The Labute approximate surface area is 134 Å². The lowest BCUT2D eigenvalue weighted by molar-refractivity contribution is -0.135. The minimum atomic E-state index is -0.842. The van der Waals surface area contributed by atoms with Gasteiger partial charge in [0.15, 0.2) is 0 Å². The van der Waals surface area contributed by atoms with Crippen LogP contribution in [0.2, 0.25) is 0 Å². The summed E-state index contributed by atoms with van der Waals surface area (Å²) in [7, 11) is 1.80. The van der Waals surface area contributed by atoms with Crippen LogP contribution in [0.3, 0.4) is 0 Å². The molecule has 6 heteroatoms. The maximum atomic E-state index is 11.3. The Morgan fingerprint density at radius 1 is 1.43 bits per heavy atom. The van der Waals surface area contributed by atoms with Crippen LogP contribution in [0.5, 0.6) is 5.75 Å². The SMILES string of the molecule is CN(C1=CC(=O)OC1)[C@H]1c2cc(C#N)ccc2OC(C)(C)[C@@H]1O. The molecule has 0 bridgehead atoms. The molecule has 2 aliphatic heterocycles. The third-order valence-electron chi connectivity index (χ3n) is 4.36. The molecule has 0 aromatic heterocycles. The van der Waals surface area contributed by atoms with Gasteiger partial charge in [-0.2, -0.15) is 5.26 Å². The molecule has 1 N–H and O–H groups in total. The molecule has 120 valence electrons. The summed E-state index contributed by atoms with van der Waals surface area (Å²) in [5.74, 6) is 0.237. The molecule has 3 rings (SSSR count). The van der Waals surface area contributed by atoms with Gasteiger partial charge in [0.25, 0.3) is 0 Å². The summed E-state index contributed by atoms with van der Waals surface area (Å²) in [5.41, 5.74) is 1.10. The molecular formula is C17H18N2O4. The molecule has 2 atom stereocenters. The summed E-state index contributed by atoms with van der Waals surface area (Å²) in [6, 6.07) is 6.80. The zero-order chi connectivity index (χ0) is 16.8. The first kappa shape index (κ1) is 15.4. The van der Waals surface area contributed by atoms with E-state index in [0.717, 1.165) is 5.56 Å². The molecule has 0 radical (unpaired) electrons. The molecule has 6 nitrogen and oxygen atoms in total. The number of esters is 1. The summed E-state index contributed by atoms with van der Waals surface area (Å²) in [4.78, 5) is 13.2. The largest absolute Gasteiger partial charge is 0.485 e. The molecule has 0 saturated carbocycles. The van der Waals surface area contributed by atoms with Gasteiger partial charge in [-0.3, -0.25) is 0 Å². The fourth-order valence-corrected chi connectivity index (χ4v) is 3.00. The van der Waals surface area contributed by atoms with Crippen molar-refractivity contribution in [3.8, 4) is 11.8 Å². The van der Waals surface area contributed by atoms with Gasteiger partial charge in [-0.1, -0.05) is 0 Å². The maximum absolute atomic E-state index is 11.3. The Morgan fingerprint density at radius 2 is 2.17 bits per heavy atom. The minimum absolute atomic E-state index is 0.174. The van der Waals surface area contributed by atoms with E-state index in [1.807, 2.05) is 18.7 Å². The highest BCUT2D eigenvalue weighted by Gasteiger charge is 2.45. The molecule has 0 amide bonds. The van der Waals surface area contributed by atoms with Gasteiger partial charge >= 0.3 is 5.97 Å². The highest BCUT2D eigenvalue weighted by atomic mass is 16.5. The third-order valence-corrected chi connectivity index (χ3v) is 4.36. The number of carbonyl (C=O) groups is 1. The van der Waals surface area contributed by atoms with E-state index in [1.54, 1.807) is 25.2 Å². The van der Waals surface area contributed by atoms with Gasteiger partial charge < -0.3 is 19.5 Å². The van der Waals surface area contributed by atoms with Gasteiger partial charge in [0.2, 0.25) is 0 Å². The molecule has 0 fully saturated rings. The molecule has 0 unspecified atom stereocenters. The van der Waals surface area contributed by atoms with Gasteiger partial charge in [-0.05, 0) is 32.0 Å². The number of carbonyl (C=O) groups excluding carboxylic acids is 1. The lowest BCUT2D eigenvalue weighted by Crippen LogP contribution is -2.52. The van der Waals surface area contributed by atoms with Crippen LogP contribution in [0.15, 0.2) is 30.0 Å². The summed E-state index contributed by atoms with van der Waals surface area (Å²) in [6.07, 6.45) is 0.578. The summed E-state index contributed by atoms with van der Waals surface area (Å²) < 4.78 is 10.9. The van der Waals surface area contributed by atoms with Crippen LogP contribution >= 0.6 is 0 Å². The first-order valence-electron chi connectivity index (χ1n) is 7.35. The van der Waals surface area contributed by atoms with Crippen LogP contribution in [-0.4, -0.2) is 41.3 Å². The van der Waals surface area contributed by atoms with E-state index in [0.29, 0.717) is 17.0 Å². The fourth-order valence-electron chi connectivity index (χ4n) is 3.00. The number of rotatable bonds is 2. The van der Waals surface area contributed by atoms with Crippen LogP contribution < -0.4 is 4.74 Å². The van der Waals surface area contributed by atoms with Crippen LogP contribution in [0, 0.1) is 11.3 Å². The van der Waals surface area contributed by atoms with Crippen LogP contribution in [-0.2, 0) is 9.53 Å². The number of aliphatic hydroxyl groups excluding tert-OH is 1. The van der Waals surface area contributed by atoms with Crippen LogP contribution in [0.25, 0.3) is 0 Å². The predicted molar refractivity (Wildman–Crippen MR) is 81.4 cm³/mol. The van der Waals surface area contributed by atoms with E-state index in [2.05, 4.69) is 6.07 Å². The van der Waals surface area contributed by atoms with Gasteiger partial charge in [0.1, 0.15) is 24.1 Å². The average Bonchev–Trinajstić information content (AvgIpc) is 2.94. The number of cyclic esters (lactones) is 1. The molecule has 0 saturated heterocycles.